The van der Waals surface area contributed by atoms with Crippen molar-refractivity contribution < 1.29 is 14.5 Å². The molecule has 2 N–H and O–H groups in total. The van der Waals surface area contributed by atoms with Crippen LogP contribution in [0.1, 0.15) is 21.5 Å². The summed E-state index contributed by atoms with van der Waals surface area (Å²) >= 11 is 0. The zero-order valence-electron chi connectivity index (χ0n) is 15.7. The number of anilines is 2. The number of nitro benzene ring substituents is 1. The van der Waals surface area contributed by atoms with Gasteiger partial charge in [0.05, 0.1) is 11.5 Å². The van der Waals surface area contributed by atoms with Crippen molar-refractivity contribution in [3.8, 4) is 0 Å². The third-order valence-corrected chi connectivity index (χ3v) is 4.11. The van der Waals surface area contributed by atoms with Crippen molar-refractivity contribution in [2.24, 2.45) is 0 Å². The van der Waals surface area contributed by atoms with E-state index in [0.29, 0.717) is 11.4 Å². The molecular formula is C19H22N4O4. The van der Waals surface area contributed by atoms with E-state index in [1.54, 1.807) is 7.05 Å². The Hall–Kier alpha value is -3.42. The summed E-state index contributed by atoms with van der Waals surface area (Å²) in [4.78, 5) is 36.6. The largest absolute Gasteiger partial charge is 0.383 e. The number of benzene rings is 2. The van der Waals surface area contributed by atoms with E-state index in [9.17, 15) is 19.7 Å². The summed E-state index contributed by atoms with van der Waals surface area (Å²) in [6.07, 6.45) is 0. The first-order valence-corrected chi connectivity index (χ1v) is 8.31. The molecule has 0 aliphatic carbocycles. The lowest BCUT2D eigenvalue weighted by molar-refractivity contribution is -0.384. The summed E-state index contributed by atoms with van der Waals surface area (Å²) in [5.41, 5.74) is 2.87. The van der Waals surface area contributed by atoms with Crippen molar-refractivity contribution in [3.63, 3.8) is 0 Å². The van der Waals surface area contributed by atoms with Gasteiger partial charge in [-0.2, -0.15) is 0 Å². The molecular weight excluding hydrogens is 348 g/mol. The summed E-state index contributed by atoms with van der Waals surface area (Å²) in [6, 6.07) is 9.86. The molecule has 8 nitrogen and oxygen atoms in total. The van der Waals surface area contributed by atoms with Gasteiger partial charge in [0.2, 0.25) is 5.91 Å². The number of amides is 2. The van der Waals surface area contributed by atoms with E-state index < -0.39 is 10.8 Å². The van der Waals surface area contributed by atoms with E-state index in [0.717, 1.165) is 11.1 Å². The first-order chi connectivity index (χ1) is 12.7. The molecule has 27 heavy (non-hydrogen) atoms. The van der Waals surface area contributed by atoms with Gasteiger partial charge in [-0.25, -0.2) is 0 Å². The Morgan fingerprint density at radius 2 is 1.81 bits per heavy atom. The Labute approximate surface area is 157 Å². The molecule has 0 spiro atoms. The zero-order chi connectivity index (χ0) is 20.1. The molecule has 2 rings (SSSR count). The molecule has 0 aliphatic rings. The highest BCUT2D eigenvalue weighted by atomic mass is 16.6. The maximum Gasteiger partial charge on any atom is 0.293 e. The van der Waals surface area contributed by atoms with Crippen LogP contribution in [0.25, 0.3) is 0 Å². The second-order valence-electron chi connectivity index (χ2n) is 6.27. The van der Waals surface area contributed by atoms with Gasteiger partial charge in [0.15, 0.2) is 0 Å². The van der Waals surface area contributed by atoms with E-state index >= 15 is 0 Å². The Balaban J connectivity index is 2.11. The lowest BCUT2D eigenvalue weighted by Crippen LogP contribution is -2.35. The van der Waals surface area contributed by atoms with Gasteiger partial charge in [-0.1, -0.05) is 12.1 Å². The van der Waals surface area contributed by atoms with E-state index in [2.05, 4.69) is 10.6 Å². The predicted octanol–water partition coefficient (Wildman–Crippen LogP) is 2.96. The fourth-order valence-electron chi connectivity index (χ4n) is 2.59. The quantitative estimate of drug-likeness (QED) is 0.601. The van der Waals surface area contributed by atoms with Crippen LogP contribution in [0.3, 0.4) is 0 Å². The number of nitrogens with zero attached hydrogens (tertiary/aromatic N) is 2. The van der Waals surface area contributed by atoms with Gasteiger partial charge in [0, 0.05) is 31.4 Å². The molecule has 0 fully saturated rings. The van der Waals surface area contributed by atoms with Crippen molar-refractivity contribution in [3.05, 3.63) is 63.2 Å². The van der Waals surface area contributed by atoms with Crippen molar-refractivity contribution >= 4 is 28.9 Å². The lowest BCUT2D eigenvalue weighted by Gasteiger charge is -2.18. The summed E-state index contributed by atoms with van der Waals surface area (Å²) in [7, 11) is 3.04. The van der Waals surface area contributed by atoms with Crippen LogP contribution in [-0.2, 0) is 4.79 Å². The molecule has 0 heterocycles. The van der Waals surface area contributed by atoms with Crippen LogP contribution < -0.4 is 10.6 Å². The normalized spacial score (nSPS) is 10.2. The van der Waals surface area contributed by atoms with Crippen LogP contribution >= 0.6 is 0 Å². The second kappa shape index (κ2) is 8.31. The molecule has 0 aliphatic heterocycles. The number of carbonyl (C=O) groups is 2. The minimum Gasteiger partial charge on any atom is -0.383 e. The summed E-state index contributed by atoms with van der Waals surface area (Å²) in [6.45, 7) is 3.63. The van der Waals surface area contributed by atoms with E-state index in [1.807, 2.05) is 32.0 Å². The molecule has 0 bridgehead atoms. The Kier molecular flexibility index (Phi) is 6.12. The maximum atomic E-state index is 12.5. The third-order valence-electron chi connectivity index (χ3n) is 4.11. The zero-order valence-corrected chi connectivity index (χ0v) is 15.7. The number of nitro groups is 1. The van der Waals surface area contributed by atoms with Crippen LogP contribution in [0.15, 0.2) is 36.4 Å². The van der Waals surface area contributed by atoms with Crippen molar-refractivity contribution in [1.29, 1.82) is 0 Å². The number of hydrogen-bond donors (Lipinski definition) is 2. The average Bonchev–Trinajstić information content (AvgIpc) is 2.63. The number of aryl methyl sites for hydroxylation is 2. The monoisotopic (exact) mass is 370 g/mol. The van der Waals surface area contributed by atoms with Gasteiger partial charge in [-0.15, -0.1) is 0 Å². The molecule has 142 valence electrons. The van der Waals surface area contributed by atoms with Crippen LogP contribution in [0, 0.1) is 24.0 Å². The molecule has 2 aromatic rings. The topological polar surface area (TPSA) is 105 Å². The van der Waals surface area contributed by atoms with E-state index in [1.165, 1.54) is 30.1 Å². The van der Waals surface area contributed by atoms with Gasteiger partial charge < -0.3 is 15.5 Å². The van der Waals surface area contributed by atoms with Crippen molar-refractivity contribution in [1.82, 2.24) is 4.90 Å². The second-order valence-corrected chi connectivity index (χ2v) is 6.27. The number of nitrogens with one attached hydrogen (secondary N) is 2. The molecule has 0 saturated carbocycles. The first kappa shape index (κ1) is 19.9. The molecule has 0 atom stereocenters. The fourth-order valence-corrected chi connectivity index (χ4v) is 2.59. The van der Waals surface area contributed by atoms with E-state index in [4.69, 9.17) is 0 Å². The molecule has 0 aromatic heterocycles. The van der Waals surface area contributed by atoms with Crippen LogP contribution in [0.4, 0.5) is 17.1 Å². The molecule has 2 aromatic carbocycles. The number of hydrogen-bond acceptors (Lipinski definition) is 5. The molecule has 0 unspecified atom stereocenters. The number of carbonyl (C=O) groups excluding carboxylic acids is 2. The standard InChI is InChI=1S/C19H22N4O4/c1-12-5-6-13(2)16(9-12)21-18(24)11-22(4)19(25)14-7-8-15(20-3)17(10-14)23(26)27/h5-10,20H,11H2,1-4H3,(H,21,24). The molecule has 8 heteroatoms. The van der Waals surface area contributed by atoms with Crippen LogP contribution in [0.5, 0.6) is 0 Å². The highest BCUT2D eigenvalue weighted by molar-refractivity contribution is 6.00. The lowest BCUT2D eigenvalue weighted by atomic mass is 10.1. The van der Waals surface area contributed by atoms with Gasteiger partial charge in [0.25, 0.3) is 11.6 Å². The molecule has 2 amide bonds. The summed E-state index contributed by atoms with van der Waals surface area (Å²) in [5.74, 6) is -0.822. The average molecular weight is 370 g/mol. The highest BCUT2D eigenvalue weighted by Crippen LogP contribution is 2.25. The predicted molar refractivity (Wildman–Crippen MR) is 104 cm³/mol. The molecule has 0 radical (unpaired) electrons. The van der Waals surface area contributed by atoms with Crippen molar-refractivity contribution in [2.45, 2.75) is 13.8 Å². The Morgan fingerprint density at radius 1 is 1.11 bits per heavy atom. The summed E-state index contributed by atoms with van der Waals surface area (Å²) in [5, 5.41) is 16.6. The summed E-state index contributed by atoms with van der Waals surface area (Å²) < 4.78 is 0. The van der Waals surface area contributed by atoms with Crippen LogP contribution in [-0.4, -0.2) is 42.3 Å². The molecule has 0 saturated heterocycles. The minimum absolute atomic E-state index is 0.141. The third kappa shape index (κ3) is 4.81. The highest BCUT2D eigenvalue weighted by Gasteiger charge is 2.20. The minimum atomic E-state index is -0.560. The van der Waals surface area contributed by atoms with Crippen LogP contribution in [0.2, 0.25) is 0 Å². The Bertz CT molecular complexity index is 895. The van der Waals surface area contributed by atoms with Gasteiger partial charge in [-0.3, -0.25) is 19.7 Å². The smallest absolute Gasteiger partial charge is 0.293 e. The number of likely N-dealkylation sites (N-methyl/N-ethyl adjacent to an activating group) is 1. The van der Waals surface area contributed by atoms with Gasteiger partial charge >= 0.3 is 0 Å². The Morgan fingerprint density at radius 3 is 2.44 bits per heavy atom. The van der Waals surface area contributed by atoms with Gasteiger partial charge in [-0.05, 0) is 43.2 Å². The SMILES string of the molecule is CNc1ccc(C(=O)N(C)CC(=O)Nc2cc(C)ccc2C)cc1[N+](=O)[O-]. The van der Waals surface area contributed by atoms with Gasteiger partial charge in [0.1, 0.15) is 5.69 Å². The van der Waals surface area contributed by atoms with Crippen molar-refractivity contribution in [2.75, 3.05) is 31.3 Å². The van der Waals surface area contributed by atoms with E-state index in [-0.39, 0.29) is 23.7 Å². The fraction of sp³-hybridized carbons (Fsp3) is 0.263. The maximum absolute atomic E-state index is 12.5. The first-order valence-electron chi connectivity index (χ1n) is 8.31. The number of rotatable bonds is 6.